The van der Waals surface area contributed by atoms with Gasteiger partial charge in [-0.3, -0.25) is 0 Å². The minimum atomic E-state index is 0.570. The summed E-state index contributed by atoms with van der Waals surface area (Å²) in [6, 6.07) is 6.85. The molecule has 0 saturated heterocycles. The molecular weight excluding hydrogens is 198 g/mol. The van der Waals surface area contributed by atoms with Gasteiger partial charge in [0.1, 0.15) is 5.75 Å². The molecule has 1 unspecified atom stereocenters. The average molecular weight is 219 g/mol. The van der Waals surface area contributed by atoms with Gasteiger partial charge in [0.25, 0.3) is 0 Å². The summed E-state index contributed by atoms with van der Waals surface area (Å²) in [5.74, 6) is 1.93. The van der Waals surface area contributed by atoms with Crippen LogP contribution in [-0.2, 0) is 0 Å². The number of hydrogen-bond donors (Lipinski definition) is 1. The Kier molecular flexibility index (Phi) is 3.37. The van der Waals surface area contributed by atoms with Gasteiger partial charge in [0.2, 0.25) is 0 Å². The SMILES string of the molecule is COc1ccc(NC(C)CC2CC2)cc1C. The highest BCUT2D eigenvalue weighted by Crippen LogP contribution is 2.34. The van der Waals surface area contributed by atoms with Crippen LogP contribution in [0.5, 0.6) is 5.75 Å². The van der Waals surface area contributed by atoms with Crippen molar-refractivity contribution in [2.75, 3.05) is 12.4 Å². The lowest BCUT2D eigenvalue weighted by Gasteiger charge is -2.16. The van der Waals surface area contributed by atoms with Crippen molar-refractivity contribution in [2.24, 2.45) is 5.92 Å². The zero-order chi connectivity index (χ0) is 11.5. The van der Waals surface area contributed by atoms with E-state index >= 15 is 0 Å². The summed E-state index contributed by atoms with van der Waals surface area (Å²) < 4.78 is 5.25. The monoisotopic (exact) mass is 219 g/mol. The normalized spacial score (nSPS) is 16.9. The molecule has 0 aromatic heterocycles. The van der Waals surface area contributed by atoms with Crippen molar-refractivity contribution in [1.82, 2.24) is 0 Å². The maximum absolute atomic E-state index is 5.25. The van der Waals surface area contributed by atoms with Crippen LogP contribution in [0.1, 0.15) is 31.7 Å². The summed E-state index contributed by atoms with van der Waals surface area (Å²) in [7, 11) is 1.71. The van der Waals surface area contributed by atoms with Gasteiger partial charge in [-0.25, -0.2) is 0 Å². The van der Waals surface area contributed by atoms with E-state index in [2.05, 4.69) is 31.3 Å². The number of aryl methyl sites for hydroxylation is 1. The first kappa shape index (κ1) is 11.3. The highest BCUT2D eigenvalue weighted by Gasteiger charge is 2.23. The molecule has 1 saturated carbocycles. The molecule has 2 heteroatoms. The van der Waals surface area contributed by atoms with Crippen molar-refractivity contribution >= 4 is 5.69 Å². The average Bonchev–Trinajstić information content (AvgIpc) is 3.01. The molecule has 0 amide bonds. The summed E-state index contributed by atoms with van der Waals surface area (Å²) in [5.41, 5.74) is 2.39. The first-order valence-corrected chi connectivity index (χ1v) is 6.10. The van der Waals surface area contributed by atoms with Crippen molar-refractivity contribution in [3.8, 4) is 5.75 Å². The van der Waals surface area contributed by atoms with E-state index < -0.39 is 0 Å². The fraction of sp³-hybridized carbons (Fsp3) is 0.571. The third kappa shape index (κ3) is 2.91. The van der Waals surface area contributed by atoms with E-state index in [0.29, 0.717) is 6.04 Å². The van der Waals surface area contributed by atoms with Crippen LogP contribution in [0.2, 0.25) is 0 Å². The zero-order valence-corrected chi connectivity index (χ0v) is 10.4. The molecule has 1 aliphatic rings. The Bertz CT molecular complexity index is 358. The maximum Gasteiger partial charge on any atom is 0.121 e. The molecule has 2 rings (SSSR count). The highest BCUT2D eigenvalue weighted by atomic mass is 16.5. The molecule has 2 nitrogen and oxygen atoms in total. The van der Waals surface area contributed by atoms with Gasteiger partial charge < -0.3 is 10.1 Å². The lowest BCUT2D eigenvalue weighted by molar-refractivity contribution is 0.412. The molecule has 0 aliphatic heterocycles. The first-order valence-electron chi connectivity index (χ1n) is 6.10. The standard InChI is InChI=1S/C14H21NO/c1-10-8-13(6-7-14(10)16-3)15-11(2)9-12-4-5-12/h6-8,11-12,15H,4-5,9H2,1-3H3. The molecule has 1 N–H and O–H groups in total. The summed E-state index contributed by atoms with van der Waals surface area (Å²) in [5, 5.41) is 3.55. The second-order valence-electron chi connectivity index (χ2n) is 4.91. The summed E-state index contributed by atoms with van der Waals surface area (Å²) in [6.07, 6.45) is 4.15. The minimum Gasteiger partial charge on any atom is -0.496 e. The molecule has 1 aromatic carbocycles. The largest absolute Gasteiger partial charge is 0.496 e. The molecule has 1 aromatic rings. The molecule has 0 radical (unpaired) electrons. The van der Waals surface area contributed by atoms with E-state index in [1.54, 1.807) is 7.11 Å². The van der Waals surface area contributed by atoms with Crippen LogP contribution < -0.4 is 10.1 Å². The molecule has 1 aliphatic carbocycles. The minimum absolute atomic E-state index is 0.570. The fourth-order valence-electron chi connectivity index (χ4n) is 2.17. The smallest absolute Gasteiger partial charge is 0.121 e. The second kappa shape index (κ2) is 4.77. The molecule has 1 fully saturated rings. The Morgan fingerprint density at radius 2 is 2.19 bits per heavy atom. The molecule has 16 heavy (non-hydrogen) atoms. The molecule has 0 heterocycles. The van der Waals surface area contributed by atoms with Crippen LogP contribution in [-0.4, -0.2) is 13.2 Å². The number of rotatable bonds is 5. The van der Waals surface area contributed by atoms with E-state index in [1.165, 1.54) is 30.5 Å². The van der Waals surface area contributed by atoms with Crippen molar-refractivity contribution in [1.29, 1.82) is 0 Å². The predicted octanol–water partition coefficient (Wildman–Crippen LogP) is 3.60. The quantitative estimate of drug-likeness (QED) is 0.817. The lowest BCUT2D eigenvalue weighted by atomic mass is 10.1. The van der Waals surface area contributed by atoms with Crippen molar-refractivity contribution in [3.05, 3.63) is 23.8 Å². The maximum atomic E-state index is 5.25. The van der Waals surface area contributed by atoms with E-state index in [1.807, 2.05) is 6.07 Å². The second-order valence-corrected chi connectivity index (χ2v) is 4.91. The van der Waals surface area contributed by atoms with Crippen LogP contribution in [0.4, 0.5) is 5.69 Å². The van der Waals surface area contributed by atoms with E-state index in [9.17, 15) is 0 Å². The van der Waals surface area contributed by atoms with Gasteiger partial charge in [0.05, 0.1) is 7.11 Å². The summed E-state index contributed by atoms with van der Waals surface area (Å²) >= 11 is 0. The number of anilines is 1. The van der Waals surface area contributed by atoms with E-state index in [0.717, 1.165) is 11.7 Å². The molecule has 1 atom stereocenters. The topological polar surface area (TPSA) is 21.3 Å². The summed E-state index contributed by atoms with van der Waals surface area (Å²) in [6.45, 7) is 4.34. The molecular formula is C14H21NO. The van der Waals surface area contributed by atoms with Crippen molar-refractivity contribution in [2.45, 2.75) is 39.2 Å². The van der Waals surface area contributed by atoms with Gasteiger partial charge in [0.15, 0.2) is 0 Å². The molecule has 88 valence electrons. The Hall–Kier alpha value is -1.18. The van der Waals surface area contributed by atoms with Crippen LogP contribution in [0.15, 0.2) is 18.2 Å². The third-order valence-corrected chi connectivity index (χ3v) is 3.19. The van der Waals surface area contributed by atoms with Gasteiger partial charge in [-0.2, -0.15) is 0 Å². The fourth-order valence-corrected chi connectivity index (χ4v) is 2.17. The van der Waals surface area contributed by atoms with E-state index in [4.69, 9.17) is 4.74 Å². The third-order valence-electron chi connectivity index (χ3n) is 3.19. The van der Waals surface area contributed by atoms with Gasteiger partial charge in [-0.15, -0.1) is 0 Å². The zero-order valence-electron chi connectivity index (χ0n) is 10.4. The first-order chi connectivity index (χ1) is 7.69. The summed E-state index contributed by atoms with van der Waals surface area (Å²) in [4.78, 5) is 0. The lowest BCUT2D eigenvalue weighted by Crippen LogP contribution is -2.15. The van der Waals surface area contributed by atoms with Gasteiger partial charge in [-0.05, 0) is 49.9 Å². The van der Waals surface area contributed by atoms with Gasteiger partial charge in [-0.1, -0.05) is 12.8 Å². The Balaban J connectivity index is 1.95. The van der Waals surface area contributed by atoms with Crippen LogP contribution in [0.25, 0.3) is 0 Å². The molecule has 0 bridgehead atoms. The number of ether oxygens (including phenoxy) is 1. The molecule has 0 spiro atoms. The van der Waals surface area contributed by atoms with Gasteiger partial charge >= 0.3 is 0 Å². The van der Waals surface area contributed by atoms with Crippen molar-refractivity contribution < 1.29 is 4.74 Å². The Morgan fingerprint density at radius 3 is 2.75 bits per heavy atom. The Labute approximate surface area is 98.0 Å². The van der Waals surface area contributed by atoms with Crippen LogP contribution >= 0.6 is 0 Å². The van der Waals surface area contributed by atoms with Crippen LogP contribution in [0, 0.1) is 12.8 Å². The predicted molar refractivity (Wildman–Crippen MR) is 68.2 cm³/mol. The number of nitrogens with one attached hydrogen (secondary N) is 1. The number of hydrogen-bond acceptors (Lipinski definition) is 2. The van der Waals surface area contributed by atoms with E-state index in [-0.39, 0.29) is 0 Å². The van der Waals surface area contributed by atoms with Crippen molar-refractivity contribution in [3.63, 3.8) is 0 Å². The highest BCUT2D eigenvalue weighted by molar-refractivity contribution is 5.51. The Morgan fingerprint density at radius 1 is 1.44 bits per heavy atom. The van der Waals surface area contributed by atoms with Crippen LogP contribution in [0.3, 0.4) is 0 Å². The number of methoxy groups -OCH3 is 1. The van der Waals surface area contributed by atoms with Gasteiger partial charge in [0, 0.05) is 11.7 Å². The number of benzene rings is 1.